The van der Waals surface area contributed by atoms with Crippen molar-refractivity contribution in [2.24, 2.45) is 0 Å². The third-order valence-corrected chi connectivity index (χ3v) is 1.78. The maximum absolute atomic E-state index is 12.5. The largest absolute Gasteiger partial charge is 0.288 e. The van der Waals surface area contributed by atoms with Gasteiger partial charge in [0.1, 0.15) is 17.5 Å². The lowest BCUT2D eigenvalue weighted by Crippen LogP contribution is -1.98. The van der Waals surface area contributed by atoms with Gasteiger partial charge in [-0.3, -0.25) is 4.57 Å². The van der Waals surface area contributed by atoms with Crippen molar-refractivity contribution in [1.82, 2.24) is 14.5 Å². The second-order valence-corrected chi connectivity index (χ2v) is 2.68. The van der Waals surface area contributed by atoms with Crippen LogP contribution < -0.4 is 0 Å². The molecule has 66 valence electrons. The number of halogens is 1. The summed E-state index contributed by atoms with van der Waals surface area (Å²) in [7, 11) is 0. The second kappa shape index (κ2) is 2.97. The normalized spacial score (nSPS) is 10.3. The Kier molecular flexibility index (Phi) is 1.81. The number of hydrogen-bond acceptors (Lipinski definition) is 2. The lowest BCUT2D eigenvalue weighted by Gasteiger charge is -2.02. The van der Waals surface area contributed by atoms with Crippen molar-refractivity contribution in [2.45, 2.75) is 6.92 Å². The molecule has 0 N–H and O–H groups in total. The van der Waals surface area contributed by atoms with E-state index >= 15 is 0 Å². The van der Waals surface area contributed by atoms with Crippen LogP contribution in [0.3, 0.4) is 0 Å². The quantitative estimate of drug-likeness (QED) is 0.664. The molecule has 0 aromatic carbocycles. The van der Waals surface area contributed by atoms with E-state index in [1.807, 2.05) is 6.92 Å². The first-order chi connectivity index (χ1) is 6.27. The van der Waals surface area contributed by atoms with E-state index in [9.17, 15) is 4.39 Å². The summed E-state index contributed by atoms with van der Waals surface area (Å²) in [5.41, 5.74) is 0. The summed E-state index contributed by atoms with van der Waals surface area (Å²) < 4.78 is 14.3. The van der Waals surface area contributed by atoms with Crippen molar-refractivity contribution >= 4 is 0 Å². The molecule has 0 amide bonds. The maximum atomic E-state index is 12.5. The zero-order valence-electron chi connectivity index (χ0n) is 7.11. The van der Waals surface area contributed by atoms with Crippen LogP contribution in [0, 0.1) is 12.7 Å². The van der Waals surface area contributed by atoms with Gasteiger partial charge in [0.05, 0.1) is 6.20 Å². The Morgan fingerprint density at radius 2 is 2.15 bits per heavy atom. The van der Waals surface area contributed by atoms with E-state index < -0.39 is 0 Å². The Morgan fingerprint density at radius 1 is 1.31 bits per heavy atom. The van der Waals surface area contributed by atoms with E-state index in [0.717, 1.165) is 5.82 Å². The monoisotopic (exact) mass is 177 g/mol. The van der Waals surface area contributed by atoms with Crippen LogP contribution in [0.2, 0.25) is 0 Å². The molecule has 0 aliphatic rings. The van der Waals surface area contributed by atoms with Crippen LogP contribution in [0.25, 0.3) is 5.82 Å². The number of hydrogen-bond donors (Lipinski definition) is 0. The van der Waals surface area contributed by atoms with Crippen molar-refractivity contribution in [3.05, 3.63) is 42.4 Å². The molecule has 0 atom stereocenters. The first-order valence-electron chi connectivity index (χ1n) is 3.89. The third kappa shape index (κ3) is 1.42. The third-order valence-electron chi connectivity index (χ3n) is 1.78. The van der Waals surface area contributed by atoms with Crippen molar-refractivity contribution in [1.29, 1.82) is 0 Å². The lowest BCUT2D eigenvalue weighted by atomic mass is 10.4. The number of imidazole rings is 1. The molecular weight excluding hydrogens is 169 g/mol. The highest BCUT2D eigenvalue weighted by atomic mass is 19.1. The lowest BCUT2D eigenvalue weighted by molar-refractivity contribution is 0.620. The smallest absolute Gasteiger partial charge is 0.141 e. The Bertz CT molecular complexity index is 405. The molecule has 2 heterocycles. The number of pyridine rings is 1. The van der Waals surface area contributed by atoms with Crippen molar-refractivity contribution in [3.8, 4) is 5.82 Å². The predicted molar refractivity (Wildman–Crippen MR) is 46.1 cm³/mol. The highest BCUT2D eigenvalue weighted by molar-refractivity contribution is 5.23. The predicted octanol–water partition coefficient (Wildman–Crippen LogP) is 1.71. The fourth-order valence-electron chi connectivity index (χ4n) is 1.13. The van der Waals surface area contributed by atoms with Crippen LogP contribution in [-0.4, -0.2) is 14.5 Å². The average Bonchev–Trinajstić information content (AvgIpc) is 2.53. The number of rotatable bonds is 1. The van der Waals surface area contributed by atoms with Crippen LogP contribution >= 0.6 is 0 Å². The highest BCUT2D eigenvalue weighted by Gasteiger charge is 2.00. The van der Waals surface area contributed by atoms with E-state index in [1.54, 1.807) is 23.0 Å². The summed E-state index contributed by atoms with van der Waals surface area (Å²) in [6, 6.07) is 2.99. The van der Waals surface area contributed by atoms with Gasteiger partial charge in [0.25, 0.3) is 0 Å². The van der Waals surface area contributed by atoms with Crippen molar-refractivity contribution < 1.29 is 4.39 Å². The molecule has 3 nitrogen and oxygen atoms in total. The van der Waals surface area contributed by atoms with Gasteiger partial charge in [-0.05, 0) is 19.1 Å². The minimum atomic E-state index is -0.332. The summed E-state index contributed by atoms with van der Waals surface area (Å²) in [5.74, 6) is 1.18. The van der Waals surface area contributed by atoms with Gasteiger partial charge in [0, 0.05) is 12.4 Å². The van der Waals surface area contributed by atoms with Gasteiger partial charge in [-0.25, -0.2) is 14.4 Å². The zero-order valence-corrected chi connectivity index (χ0v) is 7.11. The standard InChI is InChI=1S/C9H8FN3/c1-7-11-4-5-13(7)9-3-2-8(10)6-12-9/h2-6H,1H3. The zero-order chi connectivity index (χ0) is 9.26. The molecule has 2 aromatic rings. The molecule has 0 unspecified atom stereocenters. The van der Waals surface area contributed by atoms with Gasteiger partial charge < -0.3 is 0 Å². The summed E-state index contributed by atoms with van der Waals surface area (Å²) in [6.45, 7) is 1.87. The minimum absolute atomic E-state index is 0.332. The van der Waals surface area contributed by atoms with Crippen LogP contribution in [-0.2, 0) is 0 Å². The molecule has 2 rings (SSSR count). The summed E-state index contributed by atoms with van der Waals surface area (Å²) in [6.07, 6.45) is 4.66. The van der Waals surface area contributed by atoms with Crippen LogP contribution in [0.15, 0.2) is 30.7 Å². The molecule has 0 saturated heterocycles. The molecule has 0 aliphatic heterocycles. The topological polar surface area (TPSA) is 30.7 Å². The van der Waals surface area contributed by atoms with Gasteiger partial charge >= 0.3 is 0 Å². The number of aryl methyl sites for hydroxylation is 1. The van der Waals surface area contributed by atoms with Gasteiger partial charge in [0.2, 0.25) is 0 Å². The summed E-state index contributed by atoms with van der Waals surface area (Å²) in [5, 5.41) is 0. The van der Waals surface area contributed by atoms with Crippen LogP contribution in [0.5, 0.6) is 0 Å². The van der Waals surface area contributed by atoms with E-state index in [0.29, 0.717) is 5.82 Å². The SMILES string of the molecule is Cc1nccn1-c1ccc(F)cn1. The molecule has 0 aliphatic carbocycles. The fourth-order valence-corrected chi connectivity index (χ4v) is 1.13. The number of nitrogens with zero attached hydrogens (tertiary/aromatic N) is 3. The minimum Gasteiger partial charge on any atom is -0.288 e. The molecular formula is C9H8FN3. The number of aromatic nitrogens is 3. The Balaban J connectivity index is 2.47. The van der Waals surface area contributed by atoms with Crippen molar-refractivity contribution in [3.63, 3.8) is 0 Å². The van der Waals surface area contributed by atoms with Crippen LogP contribution in [0.1, 0.15) is 5.82 Å². The highest BCUT2D eigenvalue weighted by Crippen LogP contribution is 2.06. The molecule has 4 heteroatoms. The second-order valence-electron chi connectivity index (χ2n) is 2.68. The van der Waals surface area contributed by atoms with Gasteiger partial charge in [-0.1, -0.05) is 0 Å². The summed E-state index contributed by atoms with van der Waals surface area (Å²) >= 11 is 0. The first-order valence-corrected chi connectivity index (χ1v) is 3.89. The van der Waals surface area contributed by atoms with E-state index in [2.05, 4.69) is 9.97 Å². The van der Waals surface area contributed by atoms with Gasteiger partial charge in [-0.15, -0.1) is 0 Å². The molecule has 2 aromatic heterocycles. The van der Waals surface area contributed by atoms with E-state index in [1.165, 1.54) is 12.3 Å². The van der Waals surface area contributed by atoms with Gasteiger partial charge in [0.15, 0.2) is 0 Å². The summed E-state index contributed by atoms with van der Waals surface area (Å²) in [4.78, 5) is 7.97. The molecule has 0 saturated carbocycles. The molecule has 0 bridgehead atoms. The van der Waals surface area contributed by atoms with Crippen LogP contribution in [0.4, 0.5) is 4.39 Å². The average molecular weight is 177 g/mol. The van der Waals surface area contributed by atoms with Crippen molar-refractivity contribution in [2.75, 3.05) is 0 Å². The Hall–Kier alpha value is -1.71. The molecule has 13 heavy (non-hydrogen) atoms. The van der Waals surface area contributed by atoms with Gasteiger partial charge in [-0.2, -0.15) is 0 Å². The van der Waals surface area contributed by atoms with E-state index in [4.69, 9.17) is 0 Å². The molecule has 0 spiro atoms. The Morgan fingerprint density at radius 3 is 2.69 bits per heavy atom. The molecule has 0 fully saturated rings. The van der Waals surface area contributed by atoms with E-state index in [-0.39, 0.29) is 5.82 Å². The Labute approximate surface area is 74.9 Å². The maximum Gasteiger partial charge on any atom is 0.141 e. The molecule has 0 radical (unpaired) electrons. The fraction of sp³-hybridized carbons (Fsp3) is 0.111. The first kappa shape index (κ1) is 7.91.